The minimum Gasteiger partial charge on any atom is -0.465 e. The number of hydrogen-bond donors (Lipinski definition) is 0. The lowest BCUT2D eigenvalue weighted by Crippen LogP contribution is -2.60. The topological polar surface area (TPSA) is 66.9 Å². The molecule has 2 bridgehead atoms. The molecule has 0 aromatic heterocycles. The van der Waals surface area contributed by atoms with Gasteiger partial charge in [-0.3, -0.25) is 4.90 Å². The van der Waals surface area contributed by atoms with Gasteiger partial charge in [0.15, 0.2) is 0 Å². The number of ether oxygens (including phenoxy) is 1. The predicted molar refractivity (Wildman–Crippen MR) is 114 cm³/mol. The zero-order chi connectivity index (χ0) is 20.9. The number of piperidine rings is 3. The summed E-state index contributed by atoms with van der Waals surface area (Å²) in [6.45, 7) is 2.61. The Morgan fingerprint density at radius 2 is 1.97 bits per heavy atom. The van der Waals surface area contributed by atoms with E-state index in [1.807, 2.05) is 0 Å². The fourth-order valence-corrected chi connectivity index (χ4v) is 8.20. The predicted octanol–water partition coefficient (Wildman–Crippen LogP) is 3.06. The van der Waals surface area contributed by atoms with Crippen molar-refractivity contribution in [3.8, 4) is 0 Å². The van der Waals surface area contributed by atoms with Crippen molar-refractivity contribution in [3.05, 3.63) is 41.5 Å². The number of carbonyl (C=O) groups excluding carboxylic acids is 1. The number of benzene rings is 1. The van der Waals surface area contributed by atoms with E-state index < -0.39 is 16.0 Å². The van der Waals surface area contributed by atoms with Crippen molar-refractivity contribution < 1.29 is 17.9 Å². The van der Waals surface area contributed by atoms with Crippen molar-refractivity contribution in [1.82, 2.24) is 9.21 Å². The van der Waals surface area contributed by atoms with Gasteiger partial charge >= 0.3 is 5.97 Å². The normalized spacial score (nSPS) is 32.0. The number of hydrogen-bond acceptors (Lipinski definition) is 5. The maximum absolute atomic E-state index is 13.8. The summed E-state index contributed by atoms with van der Waals surface area (Å²) in [4.78, 5) is 14.9. The van der Waals surface area contributed by atoms with Gasteiger partial charge in [-0.15, -0.1) is 0 Å². The molecule has 0 unspecified atom stereocenters. The summed E-state index contributed by atoms with van der Waals surface area (Å²) in [5.41, 5.74) is 1.41. The van der Waals surface area contributed by atoms with E-state index in [0.717, 1.165) is 32.4 Å². The zero-order valence-electron chi connectivity index (χ0n) is 17.5. The largest absolute Gasteiger partial charge is 0.465 e. The lowest BCUT2D eigenvalue weighted by molar-refractivity contribution is 0.0149. The molecule has 0 amide bonds. The molecule has 3 fully saturated rings. The van der Waals surface area contributed by atoms with Gasteiger partial charge in [-0.05, 0) is 62.6 Å². The molecular formula is C23H30N2O4S. The summed E-state index contributed by atoms with van der Waals surface area (Å²) in [5.74, 6) is 0.268. The third-order valence-electron chi connectivity index (χ3n) is 7.49. The Morgan fingerprint density at radius 1 is 1.13 bits per heavy atom. The van der Waals surface area contributed by atoms with Gasteiger partial charge in [0, 0.05) is 19.1 Å². The number of carbonyl (C=O) groups is 1. The summed E-state index contributed by atoms with van der Waals surface area (Å²) in [6.07, 6.45) is 9.10. The summed E-state index contributed by atoms with van der Waals surface area (Å²) in [7, 11) is -2.53. The minimum absolute atomic E-state index is 0.0619. The Labute approximate surface area is 178 Å². The molecule has 1 aliphatic carbocycles. The maximum Gasteiger partial charge on any atom is 0.339 e. The van der Waals surface area contributed by atoms with Gasteiger partial charge < -0.3 is 4.74 Å². The van der Waals surface area contributed by atoms with Gasteiger partial charge in [-0.2, -0.15) is 4.31 Å². The number of fused-ring (bicyclic) bond motifs is 6. The van der Waals surface area contributed by atoms with Crippen LogP contribution in [0.5, 0.6) is 0 Å². The number of esters is 1. The van der Waals surface area contributed by atoms with E-state index in [-0.39, 0.29) is 16.5 Å². The highest BCUT2D eigenvalue weighted by molar-refractivity contribution is 7.89. The van der Waals surface area contributed by atoms with Crippen LogP contribution in [0.3, 0.4) is 0 Å². The summed E-state index contributed by atoms with van der Waals surface area (Å²) < 4.78 is 34.1. The Balaban J connectivity index is 1.53. The van der Waals surface area contributed by atoms with Gasteiger partial charge in [0.1, 0.15) is 0 Å². The molecule has 4 aliphatic rings. The highest BCUT2D eigenvalue weighted by atomic mass is 32.2. The van der Waals surface area contributed by atoms with Crippen LogP contribution in [0, 0.1) is 11.8 Å². The van der Waals surface area contributed by atoms with Crippen molar-refractivity contribution >= 4 is 16.0 Å². The second-order valence-electron chi connectivity index (χ2n) is 9.11. The number of nitrogens with zero attached hydrogens (tertiary/aromatic N) is 2. The Morgan fingerprint density at radius 3 is 2.80 bits per heavy atom. The molecule has 3 aliphatic heterocycles. The second-order valence-corrected chi connectivity index (χ2v) is 11.0. The van der Waals surface area contributed by atoms with Gasteiger partial charge in [-0.1, -0.05) is 30.2 Å². The molecule has 162 valence electrons. The minimum atomic E-state index is -3.81. The van der Waals surface area contributed by atoms with Gasteiger partial charge in [0.05, 0.1) is 23.6 Å². The van der Waals surface area contributed by atoms with E-state index in [9.17, 15) is 13.2 Å². The van der Waals surface area contributed by atoms with Crippen LogP contribution < -0.4 is 0 Å². The summed E-state index contributed by atoms with van der Waals surface area (Å²) >= 11 is 0. The van der Waals surface area contributed by atoms with Crippen LogP contribution in [0.15, 0.2) is 40.8 Å². The first-order chi connectivity index (χ1) is 14.5. The van der Waals surface area contributed by atoms with Crippen LogP contribution in [-0.2, 0) is 14.8 Å². The third kappa shape index (κ3) is 3.22. The Hall–Kier alpha value is -1.70. The van der Waals surface area contributed by atoms with Crippen LogP contribution in [-0.4, -0.2) is 62.4 Å². The van der Waals surface area contributed by atoms with Crippen LogP contribution in [0.4, 0.5) is 0 Å². The maximum atomic E-state index is 13.8. The molecule has 30 heavy (non-hydrogen) atoms. The van der Waals surface area contributed by atoms with Crippen LogP contribution in [0.25, 0.3) is 0 Å². The first-order valence-corrected chi connectivity index (χ1v) is 12.6. The quantitative estimate of drug-likeness (QED) is 0.545. The van der Waals surface area contributed by atoms with Crippen molar-refractivity contribution in [2.45, 2.75) is 55.5 Å². The fourth-order valence-electron chi connectivity index (χ4n) is 6.29. The van der Waals surface area contributed by atoms with E-state index in [1.165, 1.54) is 44.1 Å². The van der Waals surface area contributed by atoms with E-state index >= 15 is 0 Å². The van der Waals surface area contributed by atoms with Crippen LogP contribution in [0.1, 0.15) is 48.9 Å². The number of methoxy groups -OCH3 is 1. The van der Waals surface area contributed by atoms with Crippen LogP contribution in [0.2, 0.25) is 0 Å². The second kappa shape index (κ2) is 7.77. The first-order valence-electron chi connectivity index (χ1n) is 11.1. The Kier molecular flexibility index (Phi) is 5.24. The van der Waals surface area contributed by atoms with Crippen molar-refractivity contribution in [3.63, 3.8) is 0 Å². The molecule has 0 spiro atoms. The molecule has 3 saturated heterocycles. The molecule has 3 heterocycles. The average Bonchev–Trinajstić information content (AvgIpc) is 2.78. The van der Waals surface area contributed by atoms with E-state index in [0.29, 0.717) is 24.4 Å². The SMILES string of the molecule is COC(=O)c1ccccc1S(=O)(=O)N1CCCC2=C[C@H]3C[C@H](CN4CCCC[C@H]34)[C@@H]21. The summed E-state index contributed by atoms with van der Waals surface area (Å²) in [6, 6.07) is 6.97. The molecule has 4 atom stereocenters. The Bertz CT molecular complexity index is 973. The fraction of sp³-hybridized carbons (Fsp3) is 0.609. The number of sulfonamides is 1. The third-order valence-corrected chi connectivity index (χ3v) is 9.43. The van der Waals surface area contributed by atoms with E-state index in [4.69, 9.17) is 4.74 Å². The summed E-state index contributed by atoms with van der Waals surface area (Å²) in [5, 5.41) is 0. The first kappa shape index (κ1) is 20.2. The molecule has 0 saturated carbocycles. The van der Waals surface area contributed by atoms with Crippen LogP contribution >= 0.6 is 0 Å². The highest BCUT2D eigenvalue weighted by Crippen LogP contribution is 2.46. The van der Waals surface area contributed by atoms with Gasteiger partial charge in [-0.25, -0.2) is 13.2 Å². The zero-order valence-corrected chi connectivity index (χ0v) is 18.3. The average molecular weight is 431 g/mol. The van der Waals surface area contributed by atoms with Crippen molar-refractivity contribution in [2.24, 2.45) is 11.8 Å². The van der Waals surface area contributed by atoms with Crippen molar-refractivity contribution in [2.75, 3.05) is 26.7 Å². The molecule has 5 rings (SSSR count). The molecule has 0 radical (unpaired) electrons. The highest BCUT2D eigenvalue weighted by Gasteiger charge is 2.49. The number of rotatable bonds is 3. The lowest BCUT2D eigenvalue weighted by atomic mass is 9.68. The smallest absolute Gasteiger partial charge is 0.339 e. The molecule has 7 heteroatoms. The van der Waals surface area contributed by atoms with Crippen molar-refractivity contribution in [1.29, 1.82) is 0 Å². The monoisotopic (exact) mass is 430 g/mol. The standard InChI is InChI=1S/C23H30N2O4S/c1-29-23(26)19-8-2-3-10-21(19)30(27,28)25-12-6-7-16-13-17-14-18(22(16)25)15-24-11-5-4-9-20(17)24/h2-3,8,10,13,17-18,20,22H,4-7,9,11-12,14-15H2,1H3/t17-,18+,20+,22+/m0/s1. The van der Waals surface area contributed by atoms with E-state index in [2.05, 4.69) is 11.0 Å². The molecule has 1 aromatic rings. The molecule has 0 N–H and O–H groups in total. The molecule has 6 nitrogen and oxygen atoms in total. The lowest BCUT2D eigenvalue weighted by Gasteiger charge is -2.54. The van der Waals surface area contributed by atoms with Gasteiger partial charge in [0.25, 0.3) is 0 Å². The molecular weight excluding hydrogens is 400 g/mol. The van der Waals surface area contributed by atoms with E-state index in [1.54, 1.807) is 16.4 Å². The molecule has 1 aromatic carbocycles. The van der Waals surface area contributed by atoms with Gasteiger partial charge in [0.2, 0.25) is 10.0 Å².